The van der Waals surface area contributed by atoms with Gasteiger partial charge < -0.3 is 5.32 Å². The van der Waals surface area contributed by atoms with Crippen molar-refractivity contribution in [1.29, 1.82) is 0 Å². The van der Waals surface area contributed by atoms with Crippen molar-refractivity contribution in [3.8, 4) is 0 Å². The second-order valence-electron chi connectivity index (χ2n) is 5.44. The van der Waals surface area contributed by atoms with Gasteiger partial charge in [-0.3, -0.25) is 4.79 Å². The predicted molar refractivity (Wildman–Crippen MR) is 80.4 cm³/mol. The van der Waals surface area contributed by atoms with Crippen LogP contribution in [0.4, 0.5) is 0 Å². The Hall–Kier alpha value is -2.01. The van der Waals surface area contributed by atoms with Gasteiger partial charge in [-0.1, -0.05) is 36.4 Å². The standard InChI is InChI=1S/C16H20N4O/c1-2-12-3-5-13(6-4-12)16(21)15-11-20(19-18-15)14-7-9-17-10-8-14/h3-6,11,14,17H,2,7-10H2,1H3. The molecule has 1 N–H and O–H groups in total. The van der Waals surface area contributed by atoms with Gasteiger partial charge >= 0.3 is 0 Å². The second-order valence-corrected chi connectivity index (χ2v) is 5.44. The molecule has 0 spiro atoms. The summed E-state index contributed by atoms with van der Waals surface area (Å²) in [5, 5.41) is 11.5. The van der Waals surface area contributed by atoms with Crippen LogP contribution >= 0.6 is 0 Å². The van der Waals surface area contributed by atoms with Gasteiger partial charge in [0, 0.05) is 5.56 Å². The van der Waals surface area contributed by atoms with Crippen LogP contribution in [-0.4, -0.2) is 33.9 Å². The monoisotopic (exact) mass is 284 g/mol. The lowest BCUT2D eigenvalue weighted by molar-refractivity contribution is 0.103. The molecule has 0 aliphatic carbocycles. The van der Waals surface area contributed by atoms with Crippen LogP contribution in [0.2, 0.25) is 0 Å². The smallest absolute Gasteiger partial charge is 0.214 e. The van der Waals surface area contributed by atoms with E-state index in [1.165, 1.54) is 5.56 Å². The minimum Gasteiger partial charge on any atom is -0.317 e. The van der Waals surface area contributed by atoms with E-state index in [4.69, 9.17) is 0 Å². The second kappa shape index (κ2) is 6.18. The summed E-state index contributed by atoms with van der Waals surface area (Å²) in [6.45, 7) is 4.08. The van der Waals surface area contributed by atoms with Crippen LogP contribution < -0.4 is 5.32 Å². The van der Waals surface area contributed by atoms with Crippen LogP contribution in [0.3, 0.4) is 0 Å². The largest absolute Gasteiger partial charge is 0.317 e. The lowest BCUT2D eigenvalue weighted by Crippen LogP contribution is -2.29. The van der Waals surface area contributed by atoms with E-state index in [2.05, 4.69) is 22.6 Å². The maximum atomic E-state index is 12.4. The number of benzene rings is 1. The summed E-state index contributed by atoms with van der Waals surface area (Å²) in [6, 6.07) is 8.06. The summed E-state index contributed by atoms with van der Waals surface area (Å²) >= 11 is 0. The molecule has 110 valence electrons. The van der Waals surface area contributed by atoms with E-state index in [9.17, 15) is 4.79 Å². The molecule has 1 aliphatic rings. The number of rotatable bonds is 4. The Morgan fingerprint density at radius 3 is 2.67 bits per heavy atom. The third-order valence-corrected chi connectivity index (χ3v) is 4.05. The van der Waals surface area contributed by atoms with Gasteiger partial charge in [0.25, 0.3) is 0 Å². The van der Waals surface area contributed by atoms with Crippen molar-refractivity contribution >= 4 is 5.78 Å². The topological polar surface area (TPSA) is 59.8 Å². The average Bonchev–Trinajstić information content (AvgIpc) is 3.05. The fraction of sp³-hybridized carbons (Fsp3) is 0.438. The number of ketones is 1. The van der Waals surface area contributed by atoms with Crippen LogP contribution in [0.1, 0.15) is 47.4 Å². The number of hydrogen-bond acceptors (Lipinski definition) is 4. The molecule has 1 aliphatic heterocycles. The van der Waals surface area contributed by atoms with Crippen LogP contribution in [-0.2, 0) is 6.42 Å². The van der Waals surface area contributed by atoms with E-state index in [-0.39, 0.29) is 5.78 Å². The molecule has 21 heavy (non-hydrogen) atoms. The molecule has 3 rings (SSSR count). The van der Waals surface area contributed by atoms with Crippen molar-refractivity contribution < 1.29 is 4.79 Å². The SMILES string of the molecule is CCc1ccc(C(=O)c2cn(C3CCNCC3)nn2)cc1. The summed E-state index contributed by atoms with van der Waals surface area (Å²) < 4.78 is 1.84. The normalized spacial score (nSPS) is 16.0. The van der Waals surface area contributed by atoms with Gasteiger partial charge in [-0.25, -0.2) is 4.68 Å². The average molecular weight is 284 g/mol. The summed E-state index contributed by atoms with van der Waals surface area (Å²) in [5.41, 5.74) is 2.33. The number of carbonyl (C=O) groups excluding carboxylic acids is 1. The highest BCUT2D eigenvalue weighted by Gasteiger charge is 2.19. The molecule has 1 saturated heterocycles. The molecule has 1 fully saturated rings. The van der Waals surface area contributed by atoms with Crippen molar-refractivity contribution in [3.63, 3.8) is 0 Å². The zero-order valence-electron chi connectivity index (χ0n) is 12.2. The highest BCUT2D eigenvalue weighted by Crippen LogP contribution is 2.18. The third kappa shape index (κ3) is 3.03. The fourth-order valence-corrected chi connectivity index (χ4v) is 2.67. The molecule has 2 aromatic rings. The van der Waals surface area contributed by atoms with Gasteiger partial charge in [0.1, 0.15) is 0 Å². The quantitative estimate of drug-likeness (QED) is 0.872. The summed E-state index contributed by atoms with van der Waals surface area (Å²) in [4.78, 5) is 12.4. The molecule has 1 aromatic carbocycles. The van der Waals surface area contributed by atoms with Gasteiger partial charge in [0.15, 0.2) is 5.69 Å². The molecular weight excluding hydrogens is 264 g/mol. The van der Waals surface area contributed by atoms with Crippen molar-refractivity contribution in [2.24, 2.45) is 0 Å². The summed E-state index contributed by atoms with van der Waals surface area (Å²) in [6.07, 6.45) is 4.82. The minimum atomic E-state index is -0.0576. The first kappa shape index (κ1) is 13.9. The molecule has 0 radical (unpaired) electrons. The molecule has 0 atom stereocenters. The summed E-state index contributed by atoms with van der Waals surface area (Å²) in [7, 11) is 0. The Balaban J connectivity index is 1.76. The molecule has 0 bridgehead atoms. The molecule has 0 amide bonds. The number of piperidine rings is 1. The molecule has 1 aromatic heterocycles. The first-order chi connectivity index (χ1) is 10.3. The van der Waals surface area contributed by atoms with E-state index in [0.717, 1.165) is 32.4 Å². The molecule has 0 saturated carbocycles. The van der Waals surface area contributed by atoms with E-state index >= 15 is 0 Å². The number of aromatic nitrogens is 3. The first-order valence-electron chi connectivity index (χ1n) is 7.54. The Bertz CT molecular complexity index is 611. The maximum absolute atomic E-state index is 12.4. The molecule has 5 heteroatoms. The molecular formula is C16H20N4O. The fourth-order valence-electron chi connectivity index (χ4n) is 2.67. The Morgan fingerprint density at radius 2 is 2.00 bits per heavy atom. The van der Waals surface area contributed by atoms with Crippen molar-refractivity contribution in [2.75, 3.05) is 13.1 Å². The predicted octanol–water partition coefficient (Wildman–Crippen LogP) is 2.00. The van der Waals surface area contributed by atoms with E-state index in [1.807, 2.05) is 28.9 Å². The van der Waals surface area contributed by atoms with Gasteiger partial charge in [0.2, 0.25) is 5.78 Å². The summed E-state index contributed by atoms with van der Waals surface area (Å²) in [5.74, 6) is -0.0576. The van der Waals surface area contributed by atoms with Gasteiger partial charge in [0.05, 0.1) is 12.2 Å². The van der Waals surface area contributed by atoms with Crippen molar-refractivity contribution in [1.82, 2.24) is 20.3 Å². The zero-order chi connectivity index (χ0) is 14.7. The molecule has 2 heterocycles. The molecule has 5 nitrogen and oxygen atoms in total. The highest BCUT2D eigenvalue weighted by molar-refractivity contribution is 6.07. The van der Waals surface area contributed by atoms with Gasteiger partial charge in [-0.05, 0) is 37.9 Å². The van der Waals surface area contributed by atoms with Gasteiger partial charge in [-0.15, -0.1) is 5.10 Å². The van der Waals surface area contributed by atoms with E-state index in [1.54, 1.807) is 6.20 Å². The third-order valence-electron chi connectivity index (χ3n) is 4.05. The number of hydrogen-bond donors (Lipinski definition) is 1. The highest BCUT2D eigenvalue weighted by atomic mass is 16.1. The lowest BCUT2D eigenvalue weighted by Gasteiger charge is -2.22. The van der Waals surface area contributed by atoms with Crippen LogP contribution in [0, 0.1) is 0 Å². The minimum absolute atomic E-state index is 0.0576. The number of nitrogens with one attached hydrogen (secondary N) is 1. The lowest BCUT2D eigenvalue weighted by atomic mass is 10.1. The van der Waals surface area contributed by atoms with Crippen molar-refractivity contribution in [3.05, 3.63) is 47.3 Å². The van der Waals surface area contributed by atoms with E-state index < -0.39 is 0 Å². The van der Waals surface area contributed by atoms with Crippen molar-refractivity contribution in [2.45, 2.75) is 32.2 Å². The van der Waals surface area contributed by atoms with Gasteiger partial charge in [-0.2, -0.15) is 0 Å². The Kier molecular flexibility index (Phi) is 4.10. The first-order valence-corrected chi connectivity index (χ1v) is 7.54. The number of carbonyl (C=O) groups is 1. The Labute approximate surface area is 124 Å². The molecule has 0 unspecified atom stereocenters. The zero-order valence-corrected chi connectivity index (χ0v) is 12.2. The number of aryl methyl sites for hydroxylation is 1. The number of nitrogens with zero attached hydrogens (tertiary/aromatic N) is 3. The van der Waals surface area contributed by atoms with Crippen LogP contribution in [0.25, 0.3) is 0 Å². The maximum Gasteiger partial charge on any atom is 0.214 e. The van der Waals surface area contributed by atoms with E-state index in [0.29, 0.717) is 17.3 Å². The van der Waals surface area contributed by atoms with Crippen LogP contribution in [0.5, 0.6) is 0 Å². The Morgan fingerprint density at radius 1 is 1.29 bits per heavy atom. The van der Waals surface area contributed by atoms with Crippen LogP contribution in [0.15, 0.2) is 30.5 Å².